The summed E-state index contributed by atoms with van der Waals surface area (Å²) in [6.07, 6.45) is 5.13. The molecule has 13 heteroatoms. The molecule has 45 heavy (non-hydrogen) atoms. The number of likely N-dealkylation sites (tertiary alicyclic amines) is 1. The summed E-state index contributed by atoms with van der Waals surface area (Å²) in [6, 6.07) is 10.5. The Hall–Kier alpha value is -4.32. The van der Waals surface area contributed by atoms with Crippen LogP contribution in [0.1, 0.15) is 35.3 Å². The number of hydrogen-bond donors (Lipinski definition) is 1. The number of methoxy groups -OCH3 is 1. The molecule has 1 spiro atoms. The topological polar surface area (TPSA) is 128 Å². The van der Waals surface area contributed by atoms with Crippen LogP contribution in [0.15, 0.2) is 58.4 Å². The third-order valence-electron chi connectivity index (χ3n) is 8.51. The van der Waals surface area contributed by atoms with E-state index >= 15 is 0 Å². The summed E-state index contributed by atoms with van der Waals surface area (Å²) in [5, 5.41) is 3.26. The monoisotopic (exact) mass is 648 g/mol. The first-order valence-electron chi connectivity index (χ1n) is 14.3. The van der Waals surface area contributed by atoms with Crippen molar-refractivity contribution < 1.29 is 14.3 Å². The third kappa shape index (κ3) is 5.67. The van der Waals surface area contributed by atoms with Crippen LogP contribution in [0.5, 0.6) is 5.88 Å². The average Bonchev–Trinajstić information content (AvgIpc) is 3.41. The van der Waals surface area contributed by atoms with E-state index in [9.17, 15) is 19.2 Å². The second-order valence-corrected chi connectivity index (χ2v) is 12.4. The van der Waals surface area contributed by atoms with E-state index in [1.54, 1.807) is 37.6 Å². The summed E-state index contributed by atoms with van der Waals surface area (Å²) in [7, 11) is 4.31. The zero-order valence-corrected chi connectivity index (χ0v) is 26.4. The number of nitrogens with one attached hydrogen (secondary N) is 1. The van der Waals surface area contributed by atoms with Crippen molar-refractivity contribution in [2.24, 2.45) is 19.5 Å². The van der Waals surface area contributed by atoms with Gasteiger partial charge in [0.2, 0.25) is 5.88 Å². The lowest BCUT2D eigenvalue weighted by Gasteiger charge is -2.47. The maximum atomic E-state index is 13.0. The highest BCUT2D eigenvalue weighted by Crippen LogP contribution is 2.45. The number of ketones is 1. The minimum atomic E-state index is -0.722. The van der Waals surface area contributed by atoms with Crippen molar-refractivity contribution in [1.29, 1.82) is 0 Å². The predicted molar refractivity (Wildman–Crippen MR) is 171 cm³/mol. The summed E-state index contributed by atoms with van der Waals surface area (Å²) >= 11 is 13.7. The lowest BCUT2D eigenvalue weighted by Crippen LogP contribution is -2.54. The molecule has 0 atom stereocenters. The van der Waals surface area contributed by atoms with E-state index in [0.717, 1.165) is 28.6 Å². The number of aromatic nitrogens is 4. The lowest BCUT2D eigenvalue weighted by atomic mass is 9.78. The fourth-order valence-electron chi connectivity index (χ4n) is 6.22. The van der Waals surface area contributed by atoms with Crippen LogP contribution in [0.3, 0.4) is 0 Å². The van der Waals surface area contributed by atoms with E-state index in [0.29, 0.717) is 64.2 Å². The molecule has 0 unspecified atom stereocenters. The van der Waals surface area contributed by atoms with Crippen LogP contribution in [-0.2, 0) is 25.4 Å². The molecule has 0 bridgehead atoms. The molecule has 6 rings (SSSR count). The maximum absolute atomic E-state index is 13.0. The number of amides is 1. The van der Waals surface area contributed by atoms with Gasteiger partial charge in [-0.2, -0.15) is 0 Å². The normalized spacial score (nSPS) is 15.7. The Morgan fingerprint density at radius 1 is 1.02 bits per heavy atom. The summed E-state index contributed by atoms with van der Waals surface area (Å²) < 4.78 is 7.62. The number of benzene rings is 2. The lowest BCUT2D eigenvalue weighted by molar-refractivity contribution is -0.119. The fraction of sp³-hybridized carbons (Fsp3) is 0.312. The van der Waals surface area contributed by atoms with Crippen LogP contribution in [-0.4, -0.2) is 55.9 Å². The van der Waals surface area contributed by atoms with Crippen LogP contribution in [0.4, 0.5) is 5.69 Å². The molecule has 1 aliphatic heterocycles. The molecule has 2 aromatic carbocycles. The fourth-order valence-corrected chi connectivity index (χ4v) is 6.82. The number of rotatable bonds is 7. The zero-order chi connectivity index (χ0) is 32.0. The van der Waals surface area contributed by atoms with Crippen molar-refractivity contribution in [3.63, 3.8) is 0 Å². The summed E-state index contributed by atoms with van der Waals surface area (Å²) in [5.41, 5.74) is 1.86. The molecule has 0 radical (unpaired) electrons. The van der Waals surface area contributed by atoms with Gasteiger partial charge in [0.05, 0.1) is 34.7 Å². The summed E-state index contributed by atoms with van der Waals surface area (Å²) in [4.78, 5) is 61.1. The van der Waals surface area contributed by atoms with Crippen molar-refractivity contribution in [2.75, 3.05) is 25.5 Å². The van der Waals surface area contributed by atoms with E-state index in [2.05, 4.69) is 15.2 Å². The van der Waals surface area contributed by atoms with Gasteiger partial charge in [-0.1, -0.05) is 53.5 Å². The second-order valence-electron chi connectivity index (χ2n) is 11.7. The molecule has 2 aromatic heterocycles. The molecular formula is C32H30Cl2N6O5. The van der Waals surface area contributed by atoms with Gasteiger partial charge >= 0.3 is 5.69 Å². The molecule has 2 fully saturated rings. The van der Waals surface area contributed by atoms with Crippen molar-refractivity contribution in [1.82, 2.24) is 24.0 Å². The van der Waals surface area contributed by atoms with E-state index in [-0.39, 0.29) is 21.7 Å². The van der Waals surface area contributed by atoms with E-state index < -0.39 is 17.2 Å². The quantitative estimate of drug-likeness (QED) is 0.314. The number of carbonyl (C=O) groups excluding carboxylic acids is 2. The maximum Gasteiger partial charge on any atom is 0.330 e. The molecule has 2 aliphatic rings. The van der Waals surface area contributed by atoms with E-state index in [4.69, 9.17) is 32.9 Å². The Bertz CT molecular complexity index is 1980. The molecule has 1 saturated carbocycles. The molecule has 232 valence electrons. The Morgan fingerprint density at radius 2 is 1.71 bits per heavy atom. The number of Topliss-reactive ketones (excluding diaryl/α,β-unsaturated/α-hetero) is 1. The van der Waals surface area contributed by atoms with Crippen LogP contribution in [0.25, 0.3) is 22.4 Å². The van der Waals surface area contributed by atoms with Gasteiger partial charge in [0.25, 0.3) is 11.5 Å². The van der Waals surface area contributed by atoms with Gasteiger partial charge in [-0.25, -0.2) is 9.78 Å². The summed E-state index contributed by atoms with van der Waals surface area (Å²) in [6.45, 7) is 2.29. The largest absolute Gasteiger partial charge is 0.480 e. The number of anilines is 1. The van der Waals surface area contributed by atoms with Crippen LogP contribution in [0, 0.1) is 5.41 Å². The van der Waals surface area contributed by atoms with Gasteiger partial charge < -0.3 is 14.6 Å². The minimum absolute atomic E-state index is 0.117. The zero-order valence-electron chi connectivity index (χ0n) is 24.9. The number of carbonyl (C=O) groups is 2. The molecule has 4 aromatic rings. The highest BCUT2D eigenvalue weighted by Gasteiger charge is 2.47. The number of halogens is 2. The molecule has 1 aliphatic carbocycles. The SMILES string of the molecule is COc1nc(-c2cccc(-c3cccc(NC(=O)c4cn(C)c(=O)n(C)c4=O)c3Cl)c2Cl)cnc1CN1CC2(CCC(=O)C2)C1. The van der Waals surface area contributed by atoms with Crippen molar-refractivity contribution in [3.8, 4) is 28.3 Å². The Labute approximate surface area is 268 Å². The van der Waals surface area contributed by atoms with E-state index in [1.807, 2.05) is 12.1 Å². The number of ether oxygens (including phenoxy) is 1. The van der Waals surface area contributed by atoms with Crippen molar-refractivity contribution in [2.45, 2.75) is 25.8 Å². The predicted octanol–water partition coefficient (Wildman–Crippen LogP) is 4.33. The first-order chi connectivity index (χ1) is 21.5. The number of hydrogen-bond acceptors (Lipinski definition) is 8. The first-order valence-corrected chi connectivity index (χ1v) is 15.1. The van der Waals surface area contributed by atoms with Crippen molar-refractivity contribution >= 4 is 40.6 Å². The molecule has 1 amide bonds. The summed E-state index contributed by atoms with van der Waals surface area (Å²) in [5.74, 6) is 0.0315. The van der Waals surface area contributed by atoms with Gasteiger partial charge in [-0.15, -0.1) is 0 Å². The Kier molecular flexibility index (Phi) is 8.11. The van der Waals surface area contributed by atoms with Gasteiger partial charge in [-0.05, 0) is 12.5 Å². The van der Waals surface area contributed by atoms with E-state index in [1.165, 1.54) is 20.3 Å². The first kappa shape index (κ1) is 30.7. The standard InChI is InChI=1S/C32H30Cl2N6O5/c1-38-14-22(30(43)39(2)31(38)44)28(42)36-23-9-5-7-20(27(23)34)19-6-4-8-21(26(19)33)24-13-35-25(29(37-24)45-3)15-40-16-32(17-40)11-10-18(41)12-32/h4-9,13-14H,10-12,15-17H2,1-3H3,(H,36,42). The second kappa shape index (κ2) is 11.9. The van der Waals surface area contributed by atoms with Gasteiger partial charge in [0.15, 0.2) is 0 Å². The van der Waals surface area contributed by atoms with Crippen LogP contribution in [0.2, 0.25) is 10.0 Å². The number of aryl methyl sites for hydroxylation is 1. The highest BCUT2D eigenvalue weighted by atomic mass is 35.5. The molecule has 1 saturated heterocycles. The number of nitrogens with zero attached hydrogens (tertiary/aromatic N) is 5. The van der Waals surface area contributed by atoms with Crippen molar-refractivity contribution in [3.05, 3.63) is 90.9 Å². The minimum Gasteiger partial charge on any atom is -0.480 e. The Morgan fingerprint density at radius 3 is 2.40 bits per heavy atom. The third-order valence-corrected chi connectivity index (χ3v) is 9.32. The molecular weight excluding hydrogens is 619 g/mol. The smallest absolute Gasteiger partial charge is 0.330 e. The highest BCUT2D eigenvalue weighted by molar-refractivity contribution is 6.39. The molecule has 11 nitrogen and oxygen atoms in total. The van der Waals surface area contributed by atoms with Crippen LogP contribution < -0.4 is 21.3 Å². The van der Waals surface area contributed by atoms with Gasteiger partial charge in [-0.3, -0.25) is 28.8 Å². The average molecular weight is 650 g/mol. The molecule has 3 heterocycles. The van der Waals surface area contributed by atoms with Gasteiger partial charge in [0, 0.05) is 74.9 Å². The van der Waals surface area contributed by atoms with Gasteiger partial charge in [0.1, 0.15) is 17.0 Å². The van der Waals surface area contributed by atoms with Crippen LogP contribution >= 0.6 is 23.2 Å². The Balaban J connectivity index is 1.25. The molecule has 1 N–H and O–H groups in total.